The summed E-state index contributed by atoms with van der Waals surface area (Å²) in [6.07, 6.45) is 0. The first-order valence-electron chi connectivity index (χ1n) is 3.61. The van der Waals surface area contributed by atoms with E-state index in [0.717, 1.165) is 11.3 Å². The molecule has 0 aliphatic rings. The maximum Gasteiger partial charge on any atom is 0.284 e. The topological polar surface area (TPSA) is 43.1 Å². The number of halogens is 2. The molecule has 0 N–H and O–H groups in total. The zero-order valence-electron chi connectivity index (χ0n) is 6.66. The normalized spacial score (nSPS) is 10.7. The number of benzene rings is 1. The van der Waals surface area contributed by atoms with Crippen LogP contribution in [-0.4, -0.2) is 4.92 Å². The zero-order valence-corrected chi connectivity index (χ0v) is 9.63. The van der Waals surface area contributed by atoms with Gasteiger partial charge in [-0.25, -0.2) is 0 Å². The summed E-state index contributed by atoms with van der Waals surface area (Å²) < 4.78 is 14.0. The summed E-state index contributed by atoms with van der Waals surface area (Å²) in [4.78, 5) is 10.1. The molecule has 1 aromatic carbocycles. The van der Waals surface area contributed by atoms with Crippen LogP contribution in [0, 0.1) is 18.8 Å². The van der Waals surface area contributed by atoms with E-state index in [1.54, 1.807) is 6.07 Å². The van der Waals surface area contributed by atoms with Gasteiger partial charge in [-0.05, 0) is 40.1 Å². The van der Waals surface area contributed by atoms with Gasteiger partial charge in [-0.3, -0.25) is 10.1 Å². The maximum atomic E-state index is 12.8. The van der Waals surface area contributed by atoms with E-state index in [-0.39, 0.29) is 10.8 Å². The molecule has 0 unspecified atom stereocenters. The van der Waals surface area contributed by atoms with E-state index in [4.69, 9.17) is 0 Å². The van der Waals surface area contributed by atoms with Gasteiger partial charge in [0.15, 0.2) is 5.13 Å². The predicted molar refractivity (Wildman–Crippen MR) is 61.2 cm³/mol. The summed E-state index contributed by atoms with van der Waals surface area (Å²) in [6.45, 7) is 0. The van der Waals surface area contributed by atoms with Crippen LogP contribution < -0.4 is 0 Å². The van der Waals surface area contributed by atoms with E-state index in [1.165, 1.54) is 12.1 Å². The molecule has 0 atom stereocenters. The van der Waals surface area contributed by atoms with E-state index in [0.29, 0.717) is 13.7 Å². The fourth-order valence-corrected chi connectivity index (χ4v) is 2.65. The SMILES string of the molecule is O=[N+]([O-])c1cc2sc(F)cc2cc1I. The molecule has 6 heteroatoms. The van der Waals surface area contributed by atoms with Gasteiger partial charge >= 0.3 is 0 Å². The van der Waals surface area contributed by atoms with Crippen LogP contribution in [-0.2, 0) is 0 Å². The number of fused-ring (bicyclic) bond motifs is 1. The highest BCUT2D eigenvalue weighted by Gasteiger charge is 2.14. The molecule has 3 nitrogen and oxygen atoms in total. The Morgan fingerprint density at radius 2 is 2.14 bits per heavy atom. The Morgan fingerprint density at radius 3 is 2.79 bits per heavy atom. The molecule has 2 aromatic rings. The summed E-state index contributed by atoms with van der Waals surface area (Å²) in [5, 5.41) is 11.0. The van der Waals surface area contributed by atoms with Gasteiger partial charge < -0.3 is 0 Å². The number of thiophene rings is 1. The van der Waals surface area contributed by atoms with Crippen molar-refractivity contribution in [3.05, 3.63) is 37.0 Å². The molecule has 0 spiro atoms. The second kappa shape index (κ2) is 3.43. The van der Waals surface area contributed by atoms with Gasteiger partial charge in [0.05, 0.1) is 8.49 Å². The Hall–Kier alpha value is -0.760. The van der Waals surface area contributed by atoms with Crippen LogP contribution >= 0.6 is 33.9 Å². The van der Waals surface area contributed by atoms with Crippen molar-refractivity contribution in [3.8, 4) is 0 Å². The fourth-order valence-electron chi connectivity index (χ4n) is 1.16. The van der Waals surface area contributed by atoms with Crippen LogP contribution in [0.2, 0.25) is 0 Å². The van der Waals surface area contributed by atoms with Crippen molar-refractivity contribution >= 4 is 49.7 Å². The Labute approximate surface area is 95.8 Å². The van der Waals surface area contributed by atoms with Crippen molar-refractivity contribution in [1.82, 2.24) is 0 Å². The van der Waals surface area contributed by atoms with Gasteiger partial charge in [0.1, 0.15) is 0 Å². The van der Waals surface area contributed by atoms with Crippen molar-refractivity contribution in [2.75, 3.05) is 0 Å². The minimum atomic E-state index is -0.459. The van der Waals surface area contributed by atoms with E-state index < -0.39 is 4.92 Å². The van der Waals surface area contributed by atoms with E-state index >= 15 is 0 Å². The first-order valence-corrected chi connectivity index (χ1v) is 5.50. The van der Waals surface area contributed by atoms with E-state index in [1.807, 2.05) is 22.6 Å². The van der Waals surface area contributed by atoms with Gasteiger partial charge in [0.25, 0.3) is 5.69 Å². The quantitative estimate of drug-likeness (QED) is 0.458. The van der Waals surface area contributed by atoms with Crippen LogP contribution in [0.4, 0.5) is 10.1 Å². The van der Waals surface area contributed by atoms with Crippen LogP contribution in [0.1, 0.15) is 0 Å². The standard InChI is InChI=1S/C8H3FINO2S/c9-8-2-4-1-5(10)6(11(12)13)3-7(4)14-8/h1-3H. The third-order valence-corrected chi connectivity index (χ3v) is 3.50. The number of nitro benzene ring substituents is 1. The lowest BCUT2D eigenvalue weighted by Gasteiger charge is -1.94. The van der Waals surface area contributed by atoms with Gasteiger partial charge in [0.2, 0.25) is 0 Å². The molecule has 1 aromatic heterocycles. The molecule has 0 bridgehead atoms. The lowest BCUT2D eigenvalue weighted by atomic mass is 10.2. The molecule has 1 heterocycles. The molecule has 0 fully saturated rings. The monoisotopic (exact) mass is 323 g/mol. The number of hydrogen-bond acceptors (Lipinski definition) is 3. The second-order valence-electron chi connectivity index (χ2n) is 2.65. The highest BCUT2D eigenvalue weighted by molar-refractivity contribution is 14.1. The maximum absolute atomic E-state index is 12.8. The number of nitrogens with zero attached hydrogens (tertiary/aromatic N) is 1. The zero-order chi connectivity index (χ0) is 10.3. The molecule has 0 amide bonds. The first kappa shape index (κ1) is 9.78. The molecule has 0 saturated heterocycles. The lowest BCUT2D eigenvalue weighted by molar-refractivity contribution is -0.385. The third kappa shape index (κ3) is 1.59. The summed E-state index contributed by atoms with van der Waals surface area (Å²) in [6, 6.07) is 4.41. The molecule has 0 saturated carbocycles. The summed E-state index contributed by atoms with van der Waals surface area (Å²) in [5.74, 6) is 0. The van der Waals surface area contributed by atoms with Gasteiger partial charge in [-0.2, -0.15) is 4.39 Å². The molecule has 0 aliphatic heterocycles. The van der Waals surface area contributed by atoms with E-state index in [2.05, 4.69) is 0 Å². The average molecular weight is 323 g/mol. The smallest absolute Gasteiger partial charge is 0.258 e. The Balaban J connectivity index is 2.76. The predicted octanol–water partition coefficient (Wildman–Crippen LogP) is 3.55. The molecule has 72 valence electrons. The van der Waals surface area contributed by atoms with Crippen molar-refractivity contribution in [1.29, 1.82) is 0 Å². The highest BCUT2D eigenvalue weighted by Crippen LogP contribution is 2.31. The van der Waals surface area contributed by atoms with Crippen LogP contribution in [0.25, 0.3) is 10.1 Å². The Morgan fingerprint density at radius 1 is 1.43 bits per heavy atom. The number of rotatable bonds is 1. The minimum Gasteiger partial charge on any atom is -0.258 e. The number of nitro groups is 1. The van der Waals surface area contributed by atoms with E-state index in [9.17, 15) is 14.5 Å². The Kier molecular flexibility index (Phi) is 2.40. The van der Waals surface area contributed by atoms with Gasteiger partial charge in [-0.1, -0.05) is 0 Å². The second-order valence-corrected chi connectivity index (χ2v) is 4.85. The average Bonchev–Trinajstić information content (AvgIpc) is 2.42. The van der Waals surface area contributed by atoms with Gasteiger partial charge in [-0.15, -0.1) is 11.3 Å². The lowest BCUT2D eigenvalue weighted by Crippen LogP contribution is -1.90. The van der Waals surface area contributed by atoms with Gasteiger partial charge in [0, 0.05) is 10.8 Å². The largest absolute Gasteiger partial charge is 0.284 e. The fraction of sp³-hybridized carbons (Fsp3) is 0. The summed E-state index contributed by atoms with van der Waals surface area (Å²) in [5.41, 5.74) is 0.0277. The molecular formula is C8H3FINO2S. The third-order valence-electron chi connectivity index (χ3n) is 1.75. The van der Waals surface area contributed by atoms with Crippen molar-refractivity contribution in [2.24, 2.45) is 0 Å². The highest BCUT2D eigenvalue weighted by atomic mass is 127. The molecule has 0 aliphatic carbocycles. The Bertz CT molecular complexity index is 525. The minimum absolute atomic E-state index is 0.0277. The van der Waals surface area contributed by atoms with Crippen molar-refractivity contribution < 1.29 is 9.31 Å². The molecule has 14 heavy (non-hydrogen) atoms. The van der Waals surface area contributed by atoms with Crippen LogP contribution in [0.15, 0.2) is 18.2 Å². The summed E-state index contributed by atoms with van der Waals surface area (Å²) in [7, 11) is 0. The number of hydrogen-bond donors (Lipinski definition) is 0. The first-order chi connectivity index (χ1) is 6.58. The molecule has 0 radical (unpaired) electrons. The van der Waals surface area contributed by atoms with Crippen LogP contribution in [0.5, 0.6) is 0 Å². The summed E-state index contributed by atoms with van der Waals surface area (Å²) >= 11 is 2.79. The molecular weight excluding hydrogens is 320 g/mol. The van der Waals surface area contributed by atoms with Crippen molar-refractivity contribution in [3.63, 3.8) is 0 Å². The van der Waals surface area contributed by atoms with Crippen molar-refractivity contribution in [2.45, 2.75) is 0 Å². The molecule has 2 rings (SSSR count). The van der Waals surface area contributed by atoms with Crippen LogP contribution in [0.3, 0.4) is 0 Å².